The summed E-state index contributed by atoms with van der Waals surface area (Å²) in [6.07, 6.45) is 52.9. The van der Waals surface area contributed by atoms with Gasteiger partial charge in [-0.15, -0.1) is 0 Å². The molecule has 0 radical (unpaired) electrons. The number of aliphatic hydroxyl groups excluding tert-OH is 1. The van der Waals surface area contributed by atoms with Crippen LogP contribution in [0, 0.1) is 0 Å². The van der Waals surface area contributed by atoms with E-state index in [2.05, 4.69) is 24.5 Å². The fourth-order valence-electron chi connectivity index (χ4n) is 8.48. The number of amides is 2. The minimum absolute atomic E-state index is 0.00610. The van der Waals surface area contributed by atoms with E-state index in [9.17, 15) is 19.2 Å². The first-order valence-electron chi connectivity index (χ1n) is 26.9. The SMILES string of the molecule is CCCCCCCCCCCCCCCCCCCCCCC(=O)OC(CCCCCCCCCCCCCCCC)CCCCCCCC(=O)NCC(=O)NC(CO)C(=O)O. The Hall–Kier alpha value is -2.16. The van der Waals surface area contributed by atoms with E-state index >= 15 is 0 Å². The largest absolute Gasteiger partial charge is 0.480 e. The standard InChI is InChI=1S/C53H102N2O7/c1-3-5-7-9-11-13-15-17-19-20-21-22-23-24-26-28-30-32-37-41-45-52(59)62-48(42-38-34-31-29-27-25-18-16-14-12-10-8-6-4-2)43-39-35-33-36-40-44-50(57)54-46-51(58)55-49(47-56)53(60)61/h48-49,56H,3-47H2,1-2H3,(H,54,57)(H,55,58)(H,60,61). The molecule has 366 valence electrons. The number of unbranched alkanes of at least 4 members (excludes halogenated alkanes) is 36. The lowest BCUT2D eigenvalue weighted by Gasteiger charge is -2.18. The maximum absolute atomic E-state index is 12.9. The first kappa shape index (κ1) is 59.8. The number of carbonyl (C=O) groups excluding carboxylic acids is 3. The Kier molecular flexibility index (Phi) is 46.6. The first-order valence-corrected chi connectivity index (χ1v) is 26.9. The molecule has 0 aromatic carbocycles. The predicted octanol–water partition coefficient (Wildman–Crippen LogP) is 14.4. The highest BCUT2D eigenvalue weighted by atomic mass is 16.5. The molecule has 2 unspecified atom stereocenters. The van der Waals surface area contributed by atoms with Gasteiger partial charge in [-0.3, -0.25) is 14.4 Å². The molecule has 0 aliphatic heterocycles. The van der Waals surface area contributed by atoms with E-state index in [4.69, 9.17) is 14.9 Å². The number of esters is 1. The Morgan fingerprint density at radius 2 is 0.726 bits per heavy atom. The maximum atomic E-state index is 12.9. The second-order valence-corrected chi connectivity index (χ2v) is 18.7. The van der Waals surface area contributed by atoms with Crippen molar-refractivity contribution < 1.29 is 34.1 Å². The third-order valence-electron chi connectivity index (χ3n) is 12.6. The topological polar surface area (TPSA) is 142 Å². The van der Waals surface area contributed by atoms with Gasteiger partial charge in [0.05, 0.1) is 13.2 Å². The molecule has 0 fully saturated rings. The van der Waals surface area contributed by atoms with E-state index in [1.54, 1.807) is 0 Å². The number of carboxylic acid groups (broad SMARTS) is 1. The maximum Gasteiger partial charge on any atom is 0.328 e. The van der Waals surface area contributed by atoms with Crippen LogP contribution in [-0.4, -0.2) is 59.3 Å². The summed E-state index contributed by atoms with van der Waals surface area (Å²) in [6, 6.07) is -1.38. The van der Waals surface area contributed by atoms with Crippen LogP contribution in [0.4, 0.5) is 0 Å². The third-order valence-corrected chi connectivity index (χ3v) is 12.6. The van der Waals surface area contributed by atoms with Crippen molar-refractivity contribution >= 4 is 23.8 Å². The number of aliphatic carboxylic acids is 1. The summed E-state index contributed by atoms with van der Waals surface area (Å²) < 4.78 is 6.08. The fourth-order valence-corrected chi connectivity index (χ4v) is 8.48. The van der Waals surface area contributed by atoms with Gasteiger partial charge < -0.3 is 25.6 Å². The van der Waals surface area contributed by atoms with Crippen LogP contribution in [-0.2, 0) is 23.9 Å². The van der Waals surface area contributed by atoms with Crippen LogP contribution in [0.5, 0.6) is 0 Å². The zero-order valence-electron chi connectivity index (χ0n) is 40.9. The third kappa shape index (κ3) is 44.4. The predicted molar refractivity (Wildman–Crippen MR) is 259 cm³/mol. The van der Waals surface area contributed by atoms with E-state index in [1.165, 1.54) is 199 Å². The lowest BCUT2D eigenvalue weighted by atomic mass is 10.0. The molecule has 9 heteroatoms. The van der Waals surface area contributed by atoms with Crippen molar-refractivity contribution in [1.82, 2.24) is 10.6 Å². The Labute approximate surface area is 382 Å². The molecule has 0 rings (SSSR count). The van der Waals surface area contributed by atoms with Gasteiger partial charge in [0.1, 0.15) is 12.1 Å². The van der Waals surface area contributed by atoms with Gasteiger partial charge in [0.2, 0.25) is 11.8 Å². The Morgan fingerprint density at radius 1 is 0.419 bits per heavy atom. The summed E-state index contributed by atoms with van der Waals surface area (Å²) in [5, 5.41) is 22.6. The molecule has 0 heterocycles. The number of rotatable bonds is 50. The van der Waals surface area contributed by atoms with Crippen molar-refractivity contribution in [1.29, 1.82) is 0 Å². The van der Waals surface area contributed by atoms with Crippen molar-refractivity contribution in [2.75, 3.05) is 13.2 Å². The zero-order chi connectivity index (χ0) is 45.4. The van der Waals surface area contributed by atoms with Crippen molar-refractivity contribution in [2.45, 2.75) is 302 Å². The van der Waals surface area contributed by atoms with E-state index in [0.717, 1.165) is 57.8 Å². The summed E-state index contributed by atoms with van der Waals surface area (Å²) in [4.78, 5) is 47.8. The molecule has 0 aliphatic carbocycles. The van der Waals surface area contributed by atoms with Crippen LogP contribution >= 0.6 is 0 Å². The number of carbonyl (C=O) groups is 4. The lowest BCUT2D eigenvalue weighted by molar-refractivity contribution is -0.150. The van der Waals surface area contributed by atoms with Gasteiger partial charge in [-0.2, -0.15) is 0 Å². The molecule has 0 saturated heterocycles. The Balaban J connectivity index is 4.20. The highest BCUT2D eigenvalue weighted by Crippen LogP contribution is 2.20. The molecule has 0 saturated carbocycles. The second kappa shape index (κ2) is 48.3. The van der Waals surface area contributed by atoms with E-state index in [0.29, 0.717) is 19.3 Å². The number of aliphatic hydroxyl groups is 1. The minimum Gasteiger partial charge on any atom is -0.480 e. The van der Waals surface area contributed by atoms with Crippen LogP contribution in [0.3, 0.4) is 0 Å². The number of hydrogen-bond donors (Lipinski definition) is 4. The fraction of sp³-hybridized carbons (Fsp3) is 0.925. The van der Waals surface area contributed by atoms with Gasteiger partial charge in [0.25, 0.3) is 0 Å². The molecule has 4 N–H and O–H groups in total. The molecule has 0 aromatic rings. The van der Waals surface area contributed by atoms with Crippen LogP contribution in [0.25, 0.3) is 0 Å². The van der Waals surface area contributed by atoms with Crippen molar-refractivity contribution in [3.05, 3.63) is 0 Å². The van der Waals surface area contributed by atoms with Crippen LogP contribution in [0.15, 0.2) is 0 Å². The molecule has 62 heavy (non-hydrogen) atoms. The average molecular weight is 879 g/mol. The number of nitrogens with one attached hydrogen (secondary N) is 2. The molecule has 2 amide bonds. The summed E-state index contributed by atoms with van der Waals surface area (Å²) in [5.41, 5.74) is 0. The molecule has 0 aliphatic rings. The Morgan fingerprint density at radius 3 is 1.05 bits per heavy atom. The zero-order valence-corrected chi connectivity index (χ0v) is 40.9. The van der Waals surface area contributed by atoms with Crippen LogP contribution in [0.2, 0.25) is 0 Å². The molecule has 0 bridgehead atoms. The monoisotopic (exact) mass is 879 g/mol. The van der Waals surface area contributed by atoms with Crippen molar-refractivity contribution in [2.24, 2.45) is 0 Å². The minimum atomic E-state index is -1.38. The number of hydrogen-bond acceptors (Lipinski definition) is 6. The highest BCUT2D eigenvalue weighted by molar-refractivity contribution is 5.87. The Bertz CT molecular complexity index is 1010. The van der Waals surface area contributed by atoms with Crippen molar-refractivity contribution in [3.63, 3.8) is 0 Å². The highest BCUT2D eigenvalue weighted by Gasteiger charge is 2.19. The smallest absolute Gasteiger partial charge is 0.328 e. The molecule has 2 atom stereocenters. The normalized spacial score (nSPS) is 12.3. The van der Waals surface area contributed by atoms with Gasteiger partial charge in [0, 0.05) is 12.8 Å². The van der Waals surface area contributed by atoms with Gasteiger partial charge in [0.15, 0.2) is 0 Å². The molecule has 0 spiro atoms. The molecular formula is C53H102N2O7. The lowest BCUT2D eigenvalue weighted by Crippen LogP contribution is -2.47. The summed E-state index contributed by atoms with van der Waals surface area (Å²) in [5.74, 6) is -2.26. The summed E-state index contributed by atoms with van der Waals surface area (Å²) >= 11 is 0. The second-order valence-electron chi connectivity index (χ2n) is 18.7. The molecule has 9 nitrogen and oxygen atoms in total. The quantitative estimate of drug-likeness (QED) is 0.0352. The van der Waals surface area contributed by atoms with E-state index in [-0.39, 0.29) is 24.5 Å². The van der Waals surface area contributed by atoms with Gasteiger partial charge in [-0.25, -0.2) is 4.79 Å². The number of ether oxygens (including phenoxy) is 1. The van der Waals surface area contributed by atoms with Crippen molar-refractivity contribution in [3.8, 4) is 0 Å². The summed E-state index contributed by atoms with van der Waals surface area (Å²) in [6.45, 7) is 3.53. The van der Waals surface area contributed by atoms with Gasteiger partial charge in [-0.1, -0.05) is 239 Å². The van der Waals surface area contributed by atoms with Gasteiger partial charge >= 0.3 is 11.9 Å². The average Bonchev–Trinajstić information content (AvgIpc) is 3.26. The van der Waals surface area contributed by atoms with E-state index < -0.39 is 24.5 Å². The van der Waals surface area contributed by atoms with Crippen LogP contribution in [0.1, 0.15) is 290 Å². The number of carboxylic acids is 1. The van der Waals surface area contributed by atoms with E-state index in [1.807, 2.05) is 0 Å². The van der Waals surface area contributed by atoms with Gasteiger partial charge in [-0.05, 0) is 38.5 Å². The molecular weight excluding hydrogens is 777 g/mol. The van der Waals surface area contributed by atoms with Crippen LogP contribution < -0.4 is 10.6 Å². The first-order chi connectivity index (χ1) is 30.3. The molecule has 0 aromatic heterocycles. The summed E-state index contributed by atoms with van der Waals surface area (Å²) in [7, 11) is 0.